The van der Waals surface area contributed by atoms with Gasteiger partial charge in [-0.25, -0.2) is 0 Å². The van der Waals surface area contributed by atoms with Gasteiger partial charge in [0, 0.05) is 34.4 Å². The minimum Gasteiger partial charge on any atom is -0.508 e. The van der Waals surface area contributed by atoms with Crippen molar-refractivity contribution in [2.75, 3.05) is 14.2 Å². The molecule has 5 N–H and O–H groups in total. The molecule has 2 aromatic rings. The number of nitrogens with two attached hydrogens (primary N) is 1. The molecule has 2 aromatic carbocycles. The lowest BCUT2D eigenvalue weighted by atomic mass is 9.54. The predicted molar refractivity (Wildman–Crippen MR) is 146 cm³/mol. The number of Topliss-reactive ketones (excluding diaryl/α,β-unsaturated/α-hetero) is 3. The number of aromatic hydroxyl groups is 1. The van der Waals surface area contributed by atoms with E-state index in [-0.39, 0.29) is 28.5 Å². The Bertz CT molecular complexity index is 1730. The van der Waals surface area contributed by atoms with Gasteiger partial charge in [-0.1, -0.05) is 25.5 Å². The molecule has 0 fully saturated rings. The molecule has 1 amide bonds. The van der Waals surface area contributed by atoms with Crippen molar-refractivity contribution in [3.05, 3.63) is 51.3 Å². The molecule has 0 aliphatic heterocycles. The first kappa shape index (κ1) is 27.0. The van der Waals surface area contributed by atoms with Crippen LogP contribution in [0.3, 0.4) is 0 Å². The number of hydrogen-bond donors (Lipinski definition) is 4. The van der Waals surface area contributed by atoms with E-state index in [1.165, 1.54) is 14.2 Å². The van der Waals surface area contributed by atoms with E-state index in [0.717, 1.165) is 24.0 Å². The van der Waals surface area contributed by atoms with Gasteiger partial charge < -0.3 is 30.5 Å². The normalized spacial score (nSPS) is 28.1. The molecule has 0 aromatic heterocycles. The molecule has 10 nitrogen and oxygen atoms in total. The molecule has 10 heteroatoms. The largest absolute Gasteiger partial charge is 0.508 e. The Morgan fingerprint density at radius 2 is 1.71 bits per heavy atom. The molecular weight excluding hydrogens is 530 g/mol. The standard InChI is InChI=1S/C31H31NO9/c1-12-7-6-8-29(2,3)30(12)11-13-18-21(16(40-4)10-17(41-5)23(18)30)25(35)22-19(13)24(34)14-9-15(33)20(28(32)38)26(36)31(14,39)27(22)37/h7,10,14,35-36,39H,6,8-9,11H2,1-5H3,(H2,32,38)/t14-,30-,31-/m1/s1. The molecule has 0 unspecified atom stereocenters. The van der Waals surface area contributed by atoms with Crippen molar-refractivity contribution in [1.29, 1.82) is 0 Å². The van der Waals surface area contributed by atoms with Crippen molar-refractivity contribution in [3.8, 4) is 17.2 Å². The first-order valence-corrected chi connectivity index (χ1v) is 13.4. The molecular formula is C31H31NO9. The number of carbonyl (C=O) groups is 4. The summed E-state index contributed by atoms with van der Waals surface area (Å²) < 4.78 is 11.5. The third-order valence-corrected chi connectivity index (χ3v) is 10.1. The third-order valence-electron chi connectivity index (χ3n) is 10.1. The van der Waals surface area contributed by atoms with E-state index >= 15 is 0 Å². The first-order chi connectivity index (χ1) is 19.2. The number of primary amides is 1. The Kier molecular flexibility index (Phi) is 5.40. The van der Waals surface area contributed by atoms with Crippen LogP contribution in [-0.2, 0) is 21.4 Å². The second-order valence-electron chi connectivity index (χ2n) is 12.1. The number of aliphatic hydroxyl groups excluding tert-OH is 1. The van der Waals surface area contributed by atoms with Crippen molar-refractivity contribution >= 4 is 34.0 Å². The summed E-state index contributed by atoms with van der Waals surface area (Å²) in [5.41, 5.74) is 2.04. The van der Waals surface area contributed by atoms with Crippen LogP contribution in [-0.4, -0.2) is 58.4 Å². The van der Waals surface area contributed by atoms with E-state index < -0.39 is 69.3 Å². The fourth-order valence-corrected chi connectivity index (χ4v) is 8.04. The number of aliphatic hydroxyl groups is 2. The van der Waals surface area contributed by atoms with Crippen LogP contribution in [0.15, 0.2) is 29.0 Å². The molecule has 1 spiro atoms. The summed E-state index contributed by atoms with van der Waals surface area (Å²) in [6.45, 7) is 6.29. The topological polar surface area (TPSA) is 173 Å². The number of fused-ring (bicyclic) bond motifs is 4. The lowest BCUT2D eigenvalue weighted by Crippen LogP contribution is -2.58. The Morgan fingerprint density at radius 3 is 2.29 bits per heavy atom. The lowest BCUT2D eigenvalue weighted by molar-refractivity contribution is -0.124. The zero-order valence-electron chi connectivity index (χ0n) is 23.4. The van der Waals surface area contributed by atoms with Crippen molar-refractivity contribution in [1.82, 2.24) is 0 Å². The van der Waals surface area contributed by atoms with Crippen LogP contribution in [0.25, 0.3) is 10.8 Å². The van der Waals surface area contributed by atoms with Gasteiger partial charge >= 0.3 is 0 Å². The summed E-state index contributed by atoms with van der Waals surface area (Å²) in [7, 11) is 2.93. The monoisotopic (exact) mass is 561 g/mol. The van der Waals surface area contributed by atoms with Gasteiger partial charge in [0.1, 0.15) is 28.6 Å². The Labute approximate surface area is 235 Å². The number of carbonyl (C=O) groups excluding carboxylic acids is 4. The van der Waals surface area contributed by atoms with E-state index in [2.05, 4.69) is 19.9 Å². The summed E-state index contributed by atoms with van der Waals surface area (Å²) in [5, 5.41) is 35.0. The van der Waals surface area contributed by atoms with Crippen LogP contribution in [0.1, 0.15) is 71.9 Å². The minimum absolute atomic E-state index is 0.111. The number of ketones is 3. The lowest BCUT2D eigenvalue weighted by Gasteiger charge is -2.49. The van der Waals surface area contributed by atoms with Crippen molar-refractivity contribution in [3.63, 3.8) is 0 Å². The van der Waals surface area contributed by atoms with Gasteiger partial charge in [-0.15, -0.1) is 0 Å². The summed E-state index contributed by atoms with van der Waals surface area (Å²) in [6.07, 6.45) is 3.39. The molecule has 3 atom stereocenters. The van der Waals surface area contributed by atoms with E-state index in [9.17, 15) is 34.5 Å². The average Bonchev–Trinajstić information content (AvgIpc) is 3.27. The molecule has 0 saturated carbocycles. The Morgan fingerprint density at radius 1 is 1.05 bits per heavy atom. The highest BCUT2D eigenvalue weighted by Gasteiger charge is 2.63. The fourth-order valence-electron chi connectivity index (χ4n) is 8.04. The van der Waals surface area contributed by atoms with Gasteiger partial charge in [0.15, 0.2) is 17.2 Å². The summed E-state index contributed by atoms with van der Waals surface area (Å²) in [6, 6.07) is 1.63. The van der Waals surface area contributed by atoms with E-state index in [1.54, 1.807) is 6.07 Å². The molecule has 0 heterocycles. The smallest absolute Gasteiger partial charge is 0.255 e. The maximum Gasteiger partial charge on any atom is 0.255 e. The first-order valence-electron chi connectivity index (χ1n) is 13.4. The van der Waals surface area contributed by atoms with Gasteiger partial charge in [0.05, 0.1) is 31.1 Å². The van der Waals surface area contributed by atoms with Gasteiger partial charge in [-0.05, 0) is 37.2 Å². The number of rotatable bonds is 3. The number of amides is 1. The highest BCUT2D eigenvalue weighted by Crippen LogP contribution is 2.65. The maximum atomic E-state index is 14.3. The zero-order valence-corrected chi connectivity index (χ0v) is 23.4. The number of benzene rings is 2. The second kappa shape index (κ2) is 8.19. The molecule has 4 aliphatic carbocycles. The van der Waals surface area contributed by atoms with Crippen LogP contribution >= 0.6 is 0 Å². The van der Waals surface area contributed by atoms with Crippen LogP contribution in [0.2, 0.25) is 0 Å². The quantitative estimate of drug-likeness (QED) is 0.324. The number of methoxy groups -OCH3 is 2. The van der Waals surface area contributed by atoms with Crippen LogP contribution in [0.4, 0.5) is 0 Å². The van der Waals surface area contributed by atoms with E-state index in [4.69, 9.17) is 15.2 Å². The Balaban J connectivity index is 1.79. The number of hydrogen-bond acceptors (Lipinski definition) is 9. The highest BCUT2D eigenvalue weighted by molar-refractivity contribution is 6.30. The van der Waals surface area contributed by atoms with Crippen molar-refractivity contribution in [2.45, 2.75) is 57.5 Å². The average molecular weight is 562 g/mol. The predicted octanol–water partition coefficient (Wildman–Crippen LogP) is 3.12. The van der Waals surface area contributed by atoms with Crippen molar-refractivity contribution < 1.29 is 44.0 Å². The SMILES string of the molecule is COc1cc(OC)c2c(O)c3c(c4c2c1[C@@]1(C4)C(C)=CCCC1(C)C)C(=O)[C@H]1CC(=O)C(C(N)=O)=C(O)[C@@]1(O)C3=O. The van der Waals surface area contributed by atoms with Crippen LogP contribution < -0.4 is 15.2 Å². The summed E-state index contributed by atoms with van der Waals surface area (Å²) in [5.74, 6) is -7.21. The molecule has 0 bridgehead atoms. The molecule has 41 heavy (non-hydrogen) atoms. The van der Waals surface area contributed by atoms with Gasteiger partial charge in [-0.3, -0.25) is 19.2 Å². The number of phenolic OH excluding ortho intramolecular Hbond substituents is 1. The van der Waals surface area contributed by atoms with Crippen LogP contribution in [0.5, 0.6) is 17.2 Å². The fraction of sp³-hybridized carbons (Fsp3) is 0.419. The molecule has 214 valence electrons. The molecule has 0 saturated heterocycles. The molecule has 0 radical (unpaired) electrons. The van der Waals surface area contributed by atoms with Gasteiger partial charge in [-0.2, -0.15) is 0 Å². The summed E-state index contributed by atoms with van der Waals surface area (Å²) >= 11 is 0. The van der Waals surface area contributed by atoms with E-state index in [0.29, 0.717) is 16.7 Å². The van der Waals surface area contributed by atoms with E-state index in [1.807, 2.05) is 6.92 Å². The number of ether oxygens (including phenoxy) is 2. The molecule has 4 aliphatic rings. The number of allylic oxidation sites excluding steroid dienone is 2. The van der Waals surface area contributed by atoms with Gasteiger partial charge in [0.25, 0.3) is 5.91 Å². The Hall–Kier alpha value is -4.18. The summed E-state index contributed by atoms with van der Waals surface area (Å²) in [4.78, 5) is 53.2. The second-order valence-corrected chi connectivity index (χ2v) is 12.1. The van der Waals surface area contributed by atoms with Gasteiger partial charge in [0.2, 0.25) is 5.78 Å². The maximum absolute atomic E-state index is 14.3. The minimum atomic E-state index is -2.96. The third kappa shape index (κ3) is 2.90. The van der Waals surface area contributed by atoms with Crippen molar-refractivity contribution in [2.24, 2.45) is 17.1 Å². The number of phenols is 1. The highest BCUT2D eigenvalue weighted by atomic mass is 16.5. The molecule has 6 rings (SSSR count). The zero-order chi connectivity index (χ0) is 30.0. The van der Waals surface area contributed by atoms with Crippen LogP contribution in [0, 0.1) is 11.3 Å².